The Kier molecular flexibility index (Phi) is 4.98. The Balaban J connectivity index is 2.68. The van der Waals surface area contributed by atoms with Crippen molar-refractivity contribution in [2.75, 3.05) is 11.9 Å². The van der Waals surface area contributed by atoms with Crippen molar-refractivity contribution in [3.63, 3.8) is 0 Å². The van der Waals surface area contributed by atoms with Crippen molar-refractivity contribution >= 4 is 17.6 Å². The van der Waals surface area contributed by atoms with Crippen molar-refractivity contribution in [3.05, 3.63) is 24.3 Å². The summed E-state index contributed by atoms with van der Waals surface area (Å²) in [5.74, 6) is -1.69. The molecule has 1 aromatic rings. The van der Waals surface area contributed by atoms with Crippen molar-refractivity contribution in [3.8, 4) is 5.75 Å². The van der Waals surface area contributed by atoms with Gasteiger partial charge in [0.2, 0.25) is 0 Å². The van der Waals surface area contributed by atoms with E-state index in [1.54, 1.807) is 24.3 Å². The number of hydrogen-bond donors (Lipinski definition) is 3. The van der Waals surface area contributed by atoms with Crippen LogP contribution in [0.3, 0.4) is 0 Å². The normalized spacial score (nSPS) is 11.6. The maximum atomic E-state index is 10.9. The molecule has 3 N–H and O–H groups in total. The molecule has 6 nitrogen and oxygen atoms in total. The average Bonchev–Trinajstić information content (AvgIpc) is 2.30. The summed E-state index contributed by atoms with van der Waals surface area (Å²) in [6.07, 6.45) is -0.484. The van der Waals surface area contributed by atoms with Crippen LogP contribution in [-0.4, -0.2) is 34.8 Å². The van der Waals surface area contributed by atoms with Gasteiger partial charge in [-0.2, -0.15) is 0 Å². The maximum Gasteiger partial charge on any atom is 0.326 e. The Labute approximate surface area is 104 Å². The van der Waals surface area contributed by atoms with Crippen molar-refractivity contribution in [1.82, 2.24) is 0 Å². The Hall–Kier alpha value is -2.24. The van der Waals surface area contributed by atoms with E-state index in [1.165, 1.54) is 0 Å². The molecule has 0 aliphatic heterocycles. The number of ether oxygens (including phenoxy) is 1. The lowest BCUT2D eigenvalue weighted by Crippen LogP contribution is -2.31. The molecule has 0 saturated carbocycles. The molecule has 0 heterocycles. The van der Waals surface area contributed by atoms with Gasteiger partial charge in [0.25, 0.3) is 0 Å². The zero-order chi connectivity index (χ0) is 13.5. The lowest BCUT2D eigenvalue weighted by Gasteiger charge is -2.14. The van der Waals surface area contributed by atoms with Crippen LogP contribution in [0.25, 0.3) is 0 Å². The molecule has 0 radical (unpaired) electrons. The average molecular weight is 253 g/mol. The highest BCUT2D eigenvalue weighted by molar-refractivity contribution is 5.83. The minimum atomic E-state index is -1.20. The molecule has 0 amide bonds. The van der Waals surface area contributed by atoms with Crippen LogP contribution in [0.5, 0.6) is 5.75 Å². The van der Waals surface area contributed by atoms with Gasteiger partial charge < -0.3 is 20.3 Å². The fourth-order valence-electron chi connectivity index (χ4n) is 1.39. The van der Waals surface area contributed by atoms with E-state index < -0.39 is 24.4 Å². The minimum Gasteiger partial charge on any atom is -0.494 e. The summed E-state index contributed by atoms with van der Waals surface area (Å²) in [4.78, 5) is 21.4. The van der Waals surface area contributed by atoms with Crippen LogP contribution in [-0.2, 0) is 9.59 Å². The lowest BCUT2D eigenvalue weighted by molar-refractivity contribution is -0.144. The molecule has 0 bridgehead atoms. The number of anilines is 1. The van der Waals surface area contributed by atoms with Gasteiger partial charge >= 0.3 is 11.9 Å². The molecule has 0 saturated heterocycles. The standard InChI is InChI=1S/C12H15NO5/c1-2-18-9-5-3-8(4-6-9)13-10(12(16)17)7-11(14)15/h3-6,10,13H,2,7H2,1H3,(H,14,15)(H,16,17). The van der Waals surface area contributed by atoms with E-state index in [9.17, 15) is 9.59 Å². The van der Waals surface area contributed by atoms with Gasteiger partial charge in [0.05, 0.1) is 13.0 Å². The number of carbonyl (C=O) groups is 2. The molecule has 18 heavy (non-hydrogen) atoms. The summed E-state index contributed by atoms with van der Waals surface area (Å²) in [5, 5.41) is 20.1. The number of carboxylic acids is 2. The number of aliphatic carboxylic acids is 2. The first-order valence-electron chi connectivity index (χ1n) is 5.47. The highest BCUT2D eigenvalue weighted by atomic mass is 16.5. The number of rotatable bonds is 7. The third kappa shape index (κ3) is 4.32. The van der Waals surface area contributed by atoms with E-state index in [1.807, 2.05) is 6.92 Å². The minimum absolute atomic E-state index is 0.484. The van der Waals surface area contributed by atoms with E-state index >= 15 is 0 Å². The summed E-state index contributed by atoms with van der Waals surface area (Å²) in [5.41, 5.74) is 0.534. The number of carboxylic acid groups (broad SMARTS) is 2. The van der Waals surface area contributed by atoms with E-state index in [2.05, 4.69) is 5.32 Å². The van der Waals surface area contributed by atoms with Gasteiger partial charge in [0.15, 0.2) is 0 Å². The fraction of sp³-hybridized carbons (Fsp3) is 0.333. The van der Waals surface area contributed by atoms with E-state index in [4.69, 9.17) is 14.9 Å². The Morgan fingerprint density at radius 1 is 1.28 bits per heavy atom. The van der Waals surface area contributed by atoms with E-state index in [-0.39, 0.29) is 0 Å². The topological polar surface area (TPSA) is 95.9 Å². The van der Waals surface area contributed by atoms with Crippen LogP contribution in [0.4, 0.5) is 5.69 Å². The van der Waals surface area contributed by atoms with Crippen molar-refractivity contribution in [1.29, 1.82) is 0 Å². The predicted molar refractivity (Wildman–Crippen MR) is 64.9 cm³/mol. The maximum absolute atomic E-state index is 10.9. The largest absolute Gasteiger partial charge is 0.494 e. The SMILES string of the molecule is CCOc1ccc(NC(CC(=O)O)C(=O)O)cc1. The third-order valence-corrected chi connectivity index (χ3v) is 2.18. The zero-order valence-corrected chi connectivity index (χ0v) is 9.92. The predicted octanol–water partition coefficient (Wildman–Crippen LogP) is 1.43. The Bertz CT molecular complexity index is 415. The van der Waals surface area contributed by atoms with Gasteiger partial charge in [-0.1, -0.05) is 0 Å². The number of hydrogen-bond acceptors (Lipinski definition) is 4. The van der Waals surface area contributed by atoms with Gasteiger partial charge in [-0.15, -0.1) is 0 Å². The second kappa shape index (κ2) is 6.48. The first-order valence-corrected chi connectivity index (χ1v) is 5.47. The lowest BCUT2D eigenvalue weighted by atomic mass is 10.2. The summed E-state index contributed by atoms with van der Waals surface area (Å²) in [6, 6.07) is 5.50. The molecule has 1 aromatic carbocycles. The second-order valence-electron chi connectivity index (χ2n) is 3.59. The van der Waals surface area contributed by atoms with E-state index in [0.717, 1.165) is 0 Å². The van der Waals surface area contributed by atoms with Crippen LogP contribution >= 0.6 is 0 Å². The van der Waals surface area contributed by atoms with E-state index in [0.29, 0.717) is 18.0 Å². The van der Waals surface area contributed by atoms with Crippen LogP contribution in [0, 0.1) is 0 Å². The molecule has 0 spiro atoms. The fourth-order valence-corrected chi connectivity index (χ4v) is 1.39. The molecule has 1 atom stereocenters. The Morgan fingerprint density at radius 3 is 2.33 bits per heavy atom. The molecular weight excluding hydrogens is 238 g/mol. The van der Waals surface area contributed by atoms with Crippen LogP contribution < -0.4 is 10.1 Å². The molecule has 0 fully saturated rings. The van der Waals surface area contributed by atoms with Gasteiger partial charge in [-0.05, 0) is 31.2 Å². The smallest absolute Gasteiger partial charge is 0.326 e. The molecule has 0 aliphatic carbocycles. The first kappa shape index (κ1) is 13.8. The zero-order valence-electron chi connectivity index (χ0n) is 9.92. The molecular formula is C12H15NO5. The highest BCUT2D eigenvalue weighted by Crippen LogP contribution is 2.17. The van der Waals surface area contributed by atoms with Crippen LogP contribution in [0.2, 0.25) is 0 Å². The van der Waals surface area contributed by atoms with Gasteiger partial charge in [-0.3, -0.25) is 4.79 Å². The summed E-state index contributed by atoms with van der Waals surface area (Å²) in [7, 11) is 0. The number of benzene rings is 1. The quantitative estimate of drug-likeness (QED) is 0.680. The highest BCUT2D eigenvalue weighted by Gasteiger charge is 2.20. The van der Waals surface area contributed by atoms with Crippen molar-refractivity contribution < 1.29 is 24.5 Å². The first-order chi connectivity index (χ1) is 8.52. The molecule has 1 rings (SSSR count). The third-order valence-electron chi connectivity index (χ3n) is 2.18. The van der Waals surface area contributed by atoms with Crippen LogP contribution in [0.1, 0.15) is 13.3 Å². The Morgan fingerprint density at radius 2 is 1.89 bits per heavy atom. The number of nitrogens with one attached hydrogen (secondary N) is 1. The van der Waals surface area contributed by atoms with Crippen molar-refractivity contribution in [2.45, 2.75) is 19.4 Å². The van der Waals surface area contributed by atoms with Gasteiger partial charge in [-0.25, -0.2) is 4.79 Å². The molecule has 98 valence electrons. The molecule has 6 heteroatoms. The van der Waals surface area contributed by atoms with Crippen LogP contribution in [0.15, 0.2) is 24.3 Å². The van der Waals surface area contributed by atoms with Gasteiger partial charge in [0, 0.05) is 5.69 Å². The molecule has 0 aliphatic rings. The molecule has 1 unspecified atom stereocenters. The van der Waals surface area contributed by atoms with Gasteiger partial charge in [0.1, 0.15) is 11.8 Å². The van der Waals surface area contributed by atoms with Crippen molar-refractivity contribution in [2.24, 2.45) is 0 Å². The monoisotopic (exact) mass is 253 g/mol. The summed E-state index contributed by atoms with van der Waals surface area (Å²) < 4.78 is 5.24. The summed E-state index contributed by atoms with van der Waals surface area (Å²) in [6.45, 7) is 2.41. The second-order valence-corrected chi connectivity index (χ2v) is 3.59. The summed E-state index contributed by atoms with van der Waals surface area (Å²) >= 11 is 0. The molecule has 0 aromatic heterocycles.